The smallest absolute Gasteiger partial charge is 0.306 e. The zero-order valence-electron chi connectivity index (χ0n) is 43.2. The Morgan fingerprint density at radius 1 is 0.318 bits per heavy atom. The van der Waals surface area contributed by atoms with E-state index in [4.69, 9.17) is 14.2 Å². The lowest BCUT2D eigenvalue weighted by molar-refractivity contribution is -0.167. The maximum atomic E-state index is 12.7. The number of hydrogen-bond acceptors (Lipinski definition) is 6. The highest BCUT2D eigenvalue weighted by atomic mass is 16.6. The average Bonchev–Trinajstić information content (AvgIpc) is 3.31. The Balaban J connectivity index is 4.17. The maximum Gasteiger partial charge on any atom is 0.306 e. The number of ether oxygens (including phenoxy) is 3. The van der Waals surface area contributed by atoms with Crippen molar-refractivity contribution in [1.82, 2.24) is 0 Å². The van der Waals surface area contributed by atoms with Crippen LogP contribution in [0, 0.1) is 0 Å². The third-order valence-electron chi connectivity index (χ3n) is 11.7. The van der Waals surface area contributed by atoms with Gasteiger partial charge in [-0.3, -0.25) is 14.4 Å². The van der Waals surface area contributed by atoms with Gasteiger partial charge in [-0.25, -0.2) is 0 Å². The summed E-state index contributed by atoms with van der Waals surface area (Å²) in [5.41, 5.74) is 0. The quantitative estimate of drug-likeness (QED) is 0.0262. The summed E-state index contributed by atoms with van der Waals surface area (Å²) in [6.45, 7) is 6.48. The monoisotopic (exact) mass is 919 g/mol. The Kier molecular flexibility index (Phi) is 51.4. The number of hydrogen-bond donors (Lipinski definition) is 0. The SMILES string of the molecule is CC/C=C\C/C=C\C/C=C\C/C=C\C/C=C\C/C=C\C/C=C\CCCCCCCCCC(=O)OCC(COC(=O)CCCCCCCCCC)OC(=O)CCCCCCCCCCCCC. The summed E-state index contributed by atoms with van der Waals surface area (Å²) in [5.74, 6) is -0.891. The van der Waals surface area contributed by atoms with Crippen molar-refractivity contribution in [1.29, 1.82) is 0 Å². The molecule has 0 aliphatic carbocycles. The lowest BCUT2D eigenvalue weighted by Gasteiger charge is -2.18. The molecule has 1 atom stereocenters. The van der Waals surface area contributed by atoms with Gasteiger partial charge in [-0.15, -0.1) is 0 Å². The van der Waals surface area contributed by atoms with Gasteiger partial charge in [0.1, 0.15) is 13.2 Å². The Bertz CT molecular complexity index is 1290. The largest absolute Gasteiger partial charge is 0.462 e. The molecule has 0 aromatic heterocycles. The van der Waals surface area contributed by atoms with Gasteiger partial charge in [0.2, 0.25) is 0 Å². The van der Waals surface area contributed by atoms with E-state index in [-0.39, 0.29) is 31.1 Å². The van der Waals surface area contributed by atoms with Crippen LogP contribution >= 0.6 is 0 Å². The minimum atomic E-state index is -0.775. The Labute approximate surface area is 407 Å². The summed E-state index contributed by atoms with van der Waals surface area (Å²) >= 11 is 0. The van der Waals surface area contributed by atoms with Crippen molar-refractivity contribution in [3.8, 4) is 0 Å². The molecule has 0 aromatic rings. The first kappa shape index (κ1) is 62.6. The number of unbranched alkanes of at least 4 members (excludes halogenated alkanes) is 24. The molecule has 0 aliphatic rings. The zero-order valence-corrected chi connectivity index (χ0v) is 43.2. The average molecular weight is 919 g/mol. The maximum absolute atomic E-state index is 12.7. The van der Waals surface area contributed by atoms with Crippen molar-refractivity contribution in [3.05, 3.63) is 85.1 Å². The van der Waals surface area contributed by atoms with E-state index < -0.39 is 6.10 Å². The van der Waals surface area contributed by atoms with Crippen LogP contribution in [0.5, 0.6) is 0 Å². The van der Waals surface area contributed by atoms with E-state index in [1.54, 1.807) is 0 Å². The van der Waals surface area contributed by atoms with Crippen molar-refractivity contribution in [2.75, 3.05) is 13.2 Å². The van der Waals surface area contributed by atoms with E-state index in [1.807, 2.05) is 0 Å². The van der Waals surface area contributed by atoms with E-state index in [9.17, 15) is 14.4 Å². The van der Waals surface area contributed by atoms with E-state index in [1.165, 1.54) is 109 Å². The molecule has 0 saturated carbocycles. The molecule has 0 rings (SSSR count). The summed E-state index contributed by atoms with van der Waals surface area (Å²) in [6.07, 6.45) is 70.2. The number of carbonyl (C=O) groups excluding carboxylic acids is 3. The molecule has 0 bridgehead atoms. The molecule has 0 spiro atoms. The van der Waals surface area contributed by atoms with Gasteiger partial charge >= 0.3 is 17.9 Å². The van der Waals surface area contributed by atoms with E-state index in [0.717, 1.165) is 109 Å². The van der Waals surface area contributed by atoms with Gasteiger partial charge in [0.15, 0.2) is 6.10 Å². The number of rotatable bonds is 49. The van der Waals surface area contributed by atoms with Gasteiger partial charge in [-0.2, -0.15) is 0 Å². The van der Waals surface area contributed by atoms with Crippen molar-refractivity contribution < 1.29 is 28.6 Å². The van der Waals surface area contributed by atoms with Crippen LogP contribution in [0.1, 0.15) is 258 Å². The minimum Gasteiger partial charge on any atom is -0.462 e. The van der Waals surface area contributed by atoms with Crippen LogP contribution in [0.15, 0.2) is 85.1 Å². The number of carbonyl (C=O) groups is 3. The molecule has 6 heteroatoms. The highest BCUT2D eigenvalue weighted by Crippen LogP contribution is 2.15. The third-order valence-corrected chi connectivity index (χ3v) is 11.7. The molecule has 0 heterocycles. The lowest BCUT2D eigenvalue weighted by atomic mass is 10.1. The van der Waals surface area contributed by atoms with Crippen LogP contribution in [-0.4, -0.2) is 37.2 Å². The Hall–Kier alpha value is -3.41. The van der Waals surface area contributed by atoms with Crippen molar-refractivity contribution in [2.24, 2.45) is 0 Å². The molecule has 0 fully saturated rings. The Morgan fingerprint density at radius 2 is 0.591 bits per heavy atom. The van der Waals surface area contributed by atoms with Gasteiger partial charge in [0, 0.05) is 19.3 Å². The first-order valence-electron chi connectivity index (χ1n) is 27.6. The molecule has 0 saturated heterocycles. The standard InChI is InChI=1S/C60H102O6/c1-4-7-10-13-16-19-21-22-23-24-25-26-27-28-29-30-31-32-33-34-35-36-37-38-40-41-44-47-50-53-59(62)65-56-57(55-64-58(61)52-49-46-43-18-15-12-9-6-3)66-60(63)54-51-48-45-42-39-20-17-14-11-8-5-2/h7,10,16,19,22-23,25-26,28-29,31-32,34-35,57H,4-6,8-9,11-15,17-18,20-21,24,27,30,33,36-56H2,1-3H3/b10-7-,19-16-,23-22-,26-25-,29-28-,32-31-,35-34-. The molecule has 0 N–H and O–H groups in total. The van der Waals surface area contributed by atoms with Gasteiger partial charge in [-0.1, -0.05) is 247 Å². The predicted molar refractivity (Wildman–Crippen MR) is 284 cm³/mol. The first-order valence-corrected chi connectivity index (χ1v) is 27.6. The van der Waals surface area contributed by atoms with Crippen LogP contribution in [0.3, 0.4) is 0 Å². The molecule has 0 aromatic carbocycles. The van der Waals surface area contributed by atoms with Crippen molar-refractivity contribution in [2.45, 2.75) is 264 Å². The fourth-order valence-electron chi connectivity index (χ4n) is 7.54. The summed E-state index contributed by atoms with van der Waals surface area (Å²) in [6, 6.07) is 0. The molecule has 0 aliphatic heterocycles. The van der Waals surface area contributed by atoms with Gasteiger partial charge in [0.25, 0.3) is 0 Å². The second kappa shape index (κ2) is 54.2. The normalized spacial score (nSPS) is 12.7. The van der Waals surface area contributed by atoms with Crippen LogP contribution in [0.2, 0.25) is 0 Å². The molecule has 6 nitrogen and oxygen atoms in total. The van der Waals surface area contributed by atoms with Gasteiger partial charge in [-0.05, 0) is 77.0 Å². The zero-order chi connectivity index (χ0) is 47.9. The fourth-order valence-corrected chi connectivity index (χ4v) is 7.54. The molecule has 378 valence electrons. The van der Waals surface area contributed by atoms with E-state index in [2.05, 4.69) is 106 Å². The molecule has 1 unspecified atom stereocenters. The predicted octanol–water partition coefficient (Wildman–Crippen LogP) is 18.4. The highest BCUT2D eigenvalue weighted by Gasteiger charge is 2.19. The summed E-state index contributed by atoms with van der Waals surface area (Å²) in [4.78, 5) is 37.8. The minimum absolute atomic E-state index is 0.0770. The van der Waals surface area contributed by atoms with Crippen LogP contribution < -0.4 is 0 Å². The third kappa shape index (κ3) is 51.6. The summed E-state index contributed by atoms with van der Waals surface area (Å²) < 4.78 is 16.7. The molecule has 0 amide bonds. The fraction of sp³-hybridized carbons (Fsp3) is 0.717. The van der Waals surface area contributed by atoms with Crippen molar-refractivity contribution >= 4 is 17.9 Å². The van der Waals surface area contributed by atoms with Crippen LogP contribution in [0.4, 0.5) is 0 Å². The summed E-state index contributed by atoms with van der Waals surface area (Å²) in [5, 5.41) is 0. The lowest BCUT2D eigenvalue weighted by Crippen LogP contribution is -2.30. The van der Waals surface area contributed by atoms with Crippen molar-refractivity contribution in [3.63, 3.8) is 0 Å². The number of allylic oxidation sites excluding steroid dienone is 14. The number of esters is 3. The van der Waals surface area contributed by atoms with Gasteiger partial charge < -0.3 is 14.2 Å². The highest BCUT2D eigenvalue weighted by molar-refractivity contribution is 5.71. The molecular weight excluding hydrogens is 817 g/mol. The molecular formula is C60H102O6. The summed E-state index contributed by atoms with van der Waals surface area (Å²) in [7, 11) is 0. The van der Waals surface area contributed by atoms with Crippen LogP contribution in [-0.2, 0) is 28.6 Å². The second-order valence-corrected chi connectivity index (χ2v) is 18.1. The van der Waals surface area contributed by atoms with E-state index >= 15 is 0 Å². The molecule has 66 heavy (non-hydrogen) atoms. The van der Waals surface area contributed by atoms with Gasteiger partial charge in [0.05, 0.1) is 0 Å². The van der Waals surface area contributed by atoms with E-state index in [0.29, 0.717) is 19.3 Å². The molecule has 0 radical (unpaired) electrons. The first-order chi connectivity index (χ1) is 32.5. The Morgan fingerprint density at radius 3 is 0.924 bits per heavy atom. The van der Waals surface area contributed by atoms with Crippen LogP contribution in [0.25, 0.3) is 0 Å². The second-order valence-electron chi connectivity index (χ2n) is 18.1. The topological polar surface area (TPSA) is 78.9 Å².